The van der Waals surface area contributed by atoms with Gasteiger partial charge in [-0.05, 0) is 48.5 Å². The summed E-state index contributed by atoms with van der Waals surface area (Å²) >= 11 is 0.433. The molecule has 0 aliphatic heterocycles. The van der Waals surface area contributed by atoms with Gasteiger partial charge in [-0.2, -0.15) is 8.78 Å². The molecule has 0 aliphatic carbocycles. The van der Waals surface area contributed by atoms with E-state index in [1.165, 1.54) is 48.5 Å². The molecule has 0 saturated carbocycles. The highest BCUT2D eigenvalue weighted by molar-refractivity contribution is 7.99. The van der Waals surface area contributed by atoms with Crippen molar-refractivity contribution in [1.82, 2.24) is 0 Å². The van der Waals surface area contributed by atoms with Crippen molar-refractivity contribution in [3.05, 3.63) is 54.1 Å². The number of ether oxygens (including phenoxy) is 1. The third-order valence-corrected chi connectivity index (χ3v) is 3.59. The maximum atomic E-state index is 12.2. The van der Waals surface area contributed by atoms with Gasteiger partial charge in [0.05, 0.1) is 0 Å². The molecule has 0 radical (unpaired) electrons. The molecule has 0 bridgehead atoms. The third-order valence-electron chi connectivity index (χ3n) is 2.87. The van der Waals surface area contributed by atoms with Gasteiger partial charge in [0.15, 0.2) is 6.61 Å². The number of benzene rings is 2. The van der Waals surface area contributed by atoms with E-state index in [-0.39, 0.29) is 6.61 Å². The highest BCUT2D eigenvalue weighted by atomic mass is 32.2. The summed E-state index contributed by atoms with van der Waals surface area (Å²) < 4.78 is 29.7. The Morgan fingerprint density at radius 1 is 1.08 bits per heavy atom. The number of halogens is 2. The van der Waals surface area contributed by atoms with E-state index in [9.17, 15) is 18.4 Å². The molecule has 0 saturated heterocycles. The summed E-state index contributed by atoms with van der Waals surface area (Å²) in [4.78, 5) is 23.1. The summed E-state index contributed by atoms with van der Waals surface area (Å²) in [6.07, 6.45) is 0. The third kappa shape index (κ3) is 5.54. The van der Waals surface area contributed by atoms with Crippen LogP contribution < -0.4 is 15.8 Å². The first-order valence-corrected chi connectivity index (χ1v) is 7.69. The van der Waals surface area contributed by atoms with E-state index < -0.39 is 17.6 Å². The fourth-order valence-electron chi connectivity index (χ4n) is 1.78. The normalized spacial score (nSPS) is 10.5. The molecule has 5 nitrogen and oxygen atoms in total. The van der Waals surface area contributed by atoms with E-state index in [1.807, 2.05) is 0 Å². The molecule has 0 heterocycles. The van der Waals surface area contributed by atoms with Crippen molar-refractivity contribution >= 4 is 29.3 Å². The van der Waals surface area contributed by atoms with Crippen molar-refractivity contribution in [2.45, 2.75) is 10.7 Å². The van der Waals surface area contributed by atoms with Crippen molar-refractivity contribution < 1.29 is 23.1 Å². The summed E-state index contributed by atoms with van der Waals surface area (Å²) in [6.45, 7) is -0.233. The Balaban J connectivity index is 1.83. The average molecular weight is 352 g/mol. The number of rotatable bonds is 7. The quantitative estimate of drug-likeness (QED) is 0.750. The molecule has 0 unspecified atom stereocenters. The monoisotopic (exact) mass is 352 g/mol. The molecule has 8 heteroatoms. The maximum Gasteiger partial charge on any atom is 0.288 e. The predicted octanol–water partition coefficient (Wildman–Crippen LogP) is 3.12. The minimum atomic E-state index is -2.49. The molecular formula is C16H14F2N2O3S. The van der Waals surface area contributed by atoms with Crippen molar-refractivity contribution in [1.29, 1.82) is 0 Å². The van der Waals surface area contributed by atoms with Crippen molar-refractivity contribution in [2.75, 3.05) is 11.9 Å². The number of hydrogen-bond donors (Lipinski definition) is 2. The van der Waals surface area contributed by atoms with Gasteiger partial charge in [-0.25, -0.2) is 0 Å². The number of hydrogen-bond acceptors (Lipinski definition) is 4. The fourth-order valence-corrected chi connectivity index (χ4v) is 2.28. The van der Waals surface area contributed by atoms with Crippen LogP contribution in [0.1, 0.15) is 10.4 Å². The van der Waals surface area contributed by atoms with Crippen LogP contribution in [0.25, 0.3) is 0 Å². The van der Waals surface area contributed by atoms with Gasteiger partial charge in [0.1, 0.15) is 5.75 Å². The number of amides is 2. The molecule has 126 valence electrons. The van der Waals surface area contributed by atoms with Crippen LogP contribution >= 0.6 is 11.8 Å². The zero-order chi connectivity index (χ0) is 17.5. The van der Waals surface area contributed by atoms with Gasteiger partial charge in [-0.3, -0.25) is 9.59 Å². The second-order valence-electron chi connectivity index (χ2n) is 4.63. The Morgan fingerprint density at radius 2 is 1.71 bits per heavy atom. The molecule has 2 aromatic carbocycles. The topological polar surface area (TPSA) is 81.4 Å². The first-order chi connectivity index (χ1) is 11.4. The lowest BCUT2D eigenvalue weighted by Gasteiger charge is -2.08. The lowest BCUT2D eigenvalue weighted by atomic mass is 10.2. The Morgan fingerprint density at radius 3 is 2.25 bits per heavy atom. The summed E-state index contributed by atoms with van der Waals surface area (Å²) in [5.41, 5.74) is 5.94. The van der Waals surface area contributed by atoms with Gasteiger partial charge in [0, 0.05) is 16.1 Å². The van der Waals surface area contributed by atoms with Crippen LogP contribution in [0.3, 0.4) is 0 Å². The number of nitrogens with one attached hydrogen (secondary N) is 1. The Bertz CT molecular complexity index is 706. The zero-order valence-electron chi connectivity index (χ0n) is 12.4. The largest absolute Gasteiger partial charge is 0.484 e. The SMILES string of the molecule is NC(=O)c1ccc(OCC(=O)Nc2ccc(SC(F)F)cc2)cc1. The second-order valence-corrected chi connectivity index (χ2v) is 5.69. The molecule has 0 aliphatic rings. The highest BCUT2D eigenvalue weighted by Crippen LogP contribution is 2.26. The van der Waals surface area contributed by atoms with Gasteiger partial charge < -0.3 is 15.8 Å². The standard InChI is InChI=1S/C16H14F2N2O3S/c17-16(18)24-13-7-3-11(4-8-13)20-14(21)9-23-12-5-1-10(2-6-12)15(19)22/h1-8,16H,9H2,(H2,19,22)(H,20,21). The molecule has 0 atom stereocenters. The molecule has 2 aromatic rings. The Kier molecular flexibility index (Phi) is 6.14. The first-order valence-electron chi connectivity index (χ1n) is 6.81. The number of primary amides is 1. The van der Waals surface area contributed by atoms with Crippen LogP contribution in [0.5, 0.6) is 5.75 Å². The molecule has 2 rings (SSSR count). The highest BCUT2D eigenvalue weighted by Gasteiger charge is 2.07. The van der Waals surface area contributed by atoms with Crippen LogP contribution in [0.15, 0.2) is 53.4 Å². The van der Waals surface area contributed by atoms with Crippen LogP contribution in [-0.4, -0.2) is 24.2 Å². The predicted molar refractivity (Wildman–Crippen MR) is 87.4 cm³/mol. The number of anilines is 1. The molecule has 24 heavy (non-hydrogen) atoms. The zero-order valence-corrected chi connectivity index (χ0v) is 13.2. The van der Waals surface area contributed by atoms with Crippen LogP contribution in [0, 0.1) is 0 Å². The minimum absolute atomic E-state index is 0.233. The molecule has 3 N–H and O–H groups in total. The van der Waals surface area contributed by atoms with E-state index in [2.05, 4.69) is 5.32 Å². The maximum absolute atomic E-state index is 12.2. The van der Waals surface area contributed by atoms with Crippen LogP contribution in [-0.2, 0) is 4.79 Å². The van der Waals surface area contributed by atoms with Crippen LogP contribution in [0.2, 0.25) is 0 Å². The summed E-state index contributed by atoms with van der Waals surface area (Å²) in [7, 11) is 0. The van der Waals surface area contributed by atoms with E-state index in [0.717, 1.165) is 0 Å². The van der Waals surface area contributed by atoms with Crippen LogP contribution in [0.4, 0.5) is 14.5 Å². The van der Waals surface area contributed by atoms with Gasteiger partial charge in [-0.1, -0.05) is 11.8 Å². The molecule has 2 amide bonds. The molecule has 0 fully saturated rings. The van der Waals surface area contributed by atoms with E-state index in [4.69, 9.17) is 10.5 Å². The summed E-state index contributed by atoms with van der Waals surface area (Å²) in [6, 6.07) is 12.1. The van der Waals surface area contributed by atoms with Gasteiger partial charge in [-0.15, -0.1) is 0 Å². The van der Waals surface area contributed by atoms with Crippen molar-refractivity contribution in [3.8, 4) is 5.75 Å². The first kappa shape index (κ1) is 17.7. The number of carbonyl (C=O) groups excluding carboxylic acids is 2. The molecular weight excluding hydrogens is 338 g/mol. The number of alkyl halides is 2. The van der Waals surface area contributed by atoms with Gasteiger partial charge in [0.25, 0.3) is 11.7 Å². The second kappa shape index (κ2) is 8.30. The van der Waals surface area contributed by atoms with E-state index in [0.29, 0.717) is 33.7 Å². The minimum Gasteiger partial charge on any atom is -0.484 e. The Hall–Kier alpha value is -2.61. The number of carbonyl (C=O) groups is 2. The Labute approximate surface area is 141 Å². The van der Waals surface area contributed by atoms with E-state index in [1.54, 1.807) is 0 Å². The van der Waals surface area contributed by atoms with E-state index >= 15 is 0 Å². The van der Waals surface area contributed by atoms with Crippen molar-refractivity contribution in [2.24, 2.45) is 5.73 Å². The van der Waals surface area contributed by atoms with Gasteiger partial charge >= 0.3 is 0 Å². The number of thioether (sulfide) groups is 1. The van der Waals surface area contributed by atoms with Crippen molar-refractivity contribution in [3.63, 3.8) is 0 Å². The lowest BCUT2D eigenvalue weighted by molar-refractivity contribution is -0.118. The smallest absolute Gasteiger partial charge is 0.288 e. The average Bonchev–Trinajstić information content (AvgIpc) is 2.54. The fraction of sp³-hybridized carbons (Fsp3) is 0.125. The van der Waals surface area contributed by atoms with Gasteiger partial charge in [0.2, 0.25) is 5.91 Å². The summed E-state index contributed by atoms with van der Waals surface area (Å²) in [5.74, 6) is -3.02. The lowest BCUT2D eigenvalue weighted by Crippen LogP contribution is -2.20. The summed E-state index contributed by atoms with van der Waals surface area (Å²) in [5, 5.41) is 2.59. The molecule has 0 spiro atoms. The number of nitrogens with two attached hydrogens (primary N) is 1. The molecule has 0 aromatic heterocycles.